The van der Waals surface area contributed by atoms with E-state index in [0.717, 1.165) is 38.3 Å². The van der Waals surface area contributed by atoms with E-state index in [0.29, 0.717) is 11.0 Å². The molecule has 1 aromatic rings. The van der Waals surface area contributed by atoms with Gasteiger partial charge in [0, 0.05) is 44.2 Å². The summed E-state index contributed by atoms with van der Waals surface area (Å²) in [7, 11) is 0. The molecular formula is C13H21BrN4OS. The van der Waals surface area contributed by atoms with E-state index in [1.807, 2.05) is 18.7 Å². The fraction of sp³-hybridized carbons (Fsp3) is 0.692. The maximum Gasteiger partial charge on any atom is 0.283 e. The maximum absolute atomic E-state index is 12.0. The molecule has 1 aliphatic heterocycles. The Kier molecular flexibility index (Phi) is 6.38. The zero-order chi connectivity index (χ0) is 14.4. The minimum absolute atomic E-state index is 0.0637. The van der Waals surface area contributed by atoms with E-state index in [9.17, 15) is 4.79 Å². The van der Waals surface area contributed by atoms with Crippen molar-refractivity contribution in [3.8, 4) is 0 Å². The first-order valence-corrected chi connectivity index (χ1v) is 8.96. The third-order valence-electron chi connectivity index (χ3n) is 3.27. The lowest BCUT2D eigenvalue weighted by Gasteiger charge is -2.26. The van der Waals surface area contributed by atoms with Crippen LogP contribution in [-0.2, 0) is 6.54 Å². The molecule has 0 aliphatic carbocycles. The number of aromatic nitrogens is 2. The molecule has 1 fully saturated rings. The van der Waals surface area contributed by atoms with Gasteiger partial charge in [-0.25, -0.2) is 4.68 Å². The second kappa shape index (κ2) is 8.05. The Morgan fingerprint density at radius 2 is 2.15 bits per heavy atom. The lowest BCUT2D eigenvalue weighted by molar-refractivity contribution is 0.314. The molecule has 5 nitrogen and oxygen atoms in total. The van der Waals surface area contributed by atoms with Crippen LogP contribution in [0.4, 0.5) is 5.69 Å². The van der Waals surface area contributed by atoms with Gasteiger partial charge in [0.25, 0.3) is 5.56 Å². The normalized spacial score (nSPS) is 16.3. The van der Waals surface area contributed by atoms with Gasteiger partial charge in [0.15, 0.2) is 0 Å². The standard InChI is InChI=1S/C13H21BrN4OS/c1-2-4-18-13(19)12(14)11(10-16-18)15-3-5-17-6-8-20-9-7-17/h10,15H,2-9H2,1H3. The quantitative estimate of drug-likeness (QED) is 0.839. The summed E-state index contributed by atoms with van der Waals surface area (Å²) in [4.78, 5) is 14.5. The van der Waals surface area contributed by atoms with Crippen LogP contribution in [0.15, 0.2) is 15.5 Å². The molecule has 0 atom stereocenters. The minimum Gasteiger partial charge on any atom is -0.381 e. The van der Waals surface area contributed by atoms with Gasteiger partial charge in [0.2, 0.25) is 0 Å². The van der Waals surface area contributed by atoms with Crippen molar-refractivity contribution in [3.63, 3.8) is 0 Å². The van der Waals surface area contributed by atoms with Crippen LogP contribution < -0.4 is 10.9 Å². The highest BCUT2D eigenvalue weighted by Crippen LogP contribution is 2.16. The van der Waals surface area contributed by atoms with Crippen molar-refractivity contribution in [1.29, 1.82) is 0 Å². The highest BCUT2D eigenvalue weighted by molar-refractivity contribution is 9.10. The SMILES string of the molecule is CCCn1ncc(NCCN2CCSCC2)c(Br)c1=O. The van der Waals surface area contributed by atoms with Crippen LogP contribution in [-0.4, -0.2) is 52.4 Å². The number of anilines is 1. The number of rotatable bonds is 6. The van der Waals surface area contributed by atoms with Gasteiger partial charge < -0.3 is 5.32 Å². The van der Waals surface area contributed by atoms with Gasteiger partial charge in [-0.05, 0) is 22.4 Å². The van der Waals surface area contributed by atoms with Crippen LogP contribution >= 0.6 is 27.7 Å². The predicted molar refractivity (Wildman–Crippen MR) is 88.7 cm³/mol. The third kappa shape index (κ3) is 4.23. The topological polar surface area (TPSA) is 50.2 Å². The van der Waals surface area contributed by atoms with E-state index in [1.54, 1.807) is 6.20 Å². The summed E-state index contributed by atoms with van der Waals surface area (Å²) in [5, 5.41) is 7.49. The van der Waals surface area contributed by atoms with Crippen molar-refractivity contribution >= 4 is 33.4 Å². The molecule has 1 saturated heterocycles. The Labute approximate surface area is 132 Å². The Morgan fingerprint density at radius 1 is 1.40 bits per heavy atom. The van der Waals surface area contributed by atoms with Gasteiger partial charge in [-0.15, -0.1) is 0 Å². The molecule has 7 heteroatoms. The van der Waals surface area contributed by atoms with Crippen molar-refractivity contribution in [2.45, 2.75) is 19.9 Å². The fourth-order valence-electron chi connectivity index (χ4n) is 2.13. The molecule has 0 spiro atoms. The third-order valence-corrected chi connectivity index (χ3v) is 4.98. The zero-order valence-electron chi connectivity index (χ0n) is 11.8. The number of aryl methyl sites for hydroxylation is 1. The van der Waals surface area contributed by atoms with Crippen LogP contribution in [0.3, 0.4) is 0 Å². The Bertz CT molecular complexity index is 488. The average molecular weight is 361 g/mol. The lowest BCUT2D eigenvalue weighted by Crippen LogP contribution is -2.36. The van der Waals surface area contributed by atoms with E-state index >= 15 is 0 Å². The molecule has 0 unspecified atom stereocenters. The van der Waals surface area contributed by atoms with Crippen molar-refractivity contribution in [2.24, 2.45) is 0 Å². The van der Waals surface area contributed by atoms with Crippen molar-refractivity contribution in [3.05, 3.63) is 21.0 Å². The number of hydrogen-bond acceptors (Lipinski definition) is 5. The van der Waals surface area contributed by atoms with Gasteiger partial charge in [-0.3, -0.25) is 9.69 Å². The number of nitrogens with one attached hydrogen (secondary N) is 1. The summed E-state index contributed by atoms with van der Waals surface area (Å²) in [6.45, 7) is 6.84. The minimum atomic E-state index is -0.0637. The van der Waals surface area contributed by atoms with Gasteiger partial charge >= 0.3 is 0 Å². The largest absolute Gasteiger partial charge is 0.381 e. The Hall–Kier alpha value is -0.530. The first-order valence-electron chi connectivity index (χ1n) is 7.02. The van der Waals surface area contributed by atoms with Gasteiger partial charge in [-0.2, -0.15) is 16.9 Å². The summed E-state index contributed by atoms with van der Waals surface area (Å²) in [5.74, 6) is 2.44. The number of thioether (sulfide) groups is 1. The fourth-order valence-corrected chi connectivity index (χ4v) is 3.56. The number of hydrogen-bond donors (Lipinski definition) is 1. The van der Waals surface area contributed by atoms with Gasteiger partial charge in [0.1, 0.15) is 4.47 Å². The molecule has 0 amide bonds. The molecular weight excluding hydrogens is 340 g/mol. The van der Waals surface area contributed by atoms with Gasteiger partial charge in [0.05, 0.1) is 11.9 Å². The maximum atomic E-state index is 12.0. The summed E-state index contributed by atoms with van der Waals surface area (Å²) >= 11 is 5.39. The molecule has 0 bridgehead atoms. The predicted octanol–water partition coefficient (Wildman–Crippen LogP) is 1.88. The van der Waals surface area contributed by atoms with E-state index in [-0.39, 0.29) is 5.56 Å². The highest BCUT2D eigenvalue weighted by atomic mass is 79.9. The number of nitrogens with zero attached hydrogens (tertiary/aromatic N) is 3. The monoisotopic (exact) mass is 360 g/mol. The summed E-state index contributed by atoms with van der Waals surface area (Å²) < 4.78 is 2.08. The van der Waals surface area contributed by atoms with E-state index in [1.165, 1.54) is 16.2 Å². The molecule has 2 heterocycles. The smallest absolute Gasteiger partial charge is 0.283 e. The van der Waals surface area contributed by atoms with Crippen molar-refractivity contribution in [2.75, 3.05) is 43.0 Å². The van der Waals surface area contributed by atoms with E-state index in [4.69, 9.17) is 0 Å². The molecule has 1 N–H and O–H groups in total. The molecule has 1 aromatic heterocycles. The zero-order valence-corrected chi connectivity index (χ0v) is 14.2. The molecule has 0 radical (unpaired) electrons. The first kappa shape index (κ1) is 15.9. The summed E-state index contributed by atoms with van der Waals surface area (Å²) in [6, 6.07) is 0. The van der Waals surface area contributed by atoms with Crippen molar-refractivity contribution < 1.29 is 0 Å². The van der Waals surface area contributed by atoms with E-state index < -0.39 is 0 Å². The molecule has 2 rings (SSSR count). The summed E-state index contributed by atoms with van der Waals surface area (Å²) in [5.41, 5.74) is 0.722. The van der Waals surface area contributed by atoms with E-state index in [2.05, 4.69) is 31.2 Å². The molecule has 1 aliphatic rings. The lowest BCUT2D eigenvalue weighted by atomic mass is 10.4. The molecule has 0 saturated carbocycles. The van der Waals surface area contributed by atoms with Crippen LogP contribution in [0.5, 0.6) is 0 Å². The second-order valence-corrected chi connectivity index (χ2v) is 6.80. The summed E-state index contributed by atoms with van der Waals surface area (Å²) in [6.07, 6.45) is 2.63. The van der Waals surface area contributed by atoms with Crippen molar-refractivity contribution in [1.82, 2.24) is 14.7 Å². The second-order valence-electron chi connectivity index (χ2n) is 4.78. The highest BCUT2D eigenvalue weighted by Gasteiger charge is 2.11. The van der Waals surface area contributed by atoms with Crippen LogP contribution in [0.25, 0.3) is 0 Å². The Balaban J connectivity index is 1.89. The molecule has 20 heavy (non-hydrogen) atoms. The molecule has 112 valence electrons. The van der Waals surface area contributed by atoms with Gasteiger partial charge in [-0.1, -0.05) is 6.92 Å². The van der Waals surface area contributed by atoms with Crippen LogP contribution in [0, 0.1) is 0 Å². The first-order chi connectivity index (χ1) is 9.72. The van der Waals surface area contributed by atoms with Crippen LogP contribution in [0.1, 0.15) is 13.3 Å². The molecule has 0 aromatic carbocycles. The Morgan fingerprint density at radius 3 is 2.85 bits per heavy atom. The number of halogens is 1. The van der Waals surface area contributed by atoms with Crippen LogP contribution in [0.2, 0.25) is 0 Å². The average Bonchev–Trinajstić information content (AvgIpc) is 2.48.